The van der Waals surface area contributed by atoms with Crippen LogP contribution in [-0.4, -0.2) is 21.8 Å². The van der Waals surface area contributed by atoms with E-state index >= 15 is 0 Å². The molecule has 0 aliphatic heterocycles. The van der Waals surface area contributed by atoms with Crippen LogP contribution in [0, 0.1) is 6.92 Å². The zero-order valence-corrected chi connectivity index (χ0v) is 10.5. The van der Waals surface area contributed by atoms with Crippen LogP contribution in [0.4, 0.5) is 0 Å². The van der Waals surface area contributed by atoms with Gasteiger partial charge in [0.15, 0.2) is 5.82 Å². The van der Waals surface area contributed by atoms with E-state index in [1.807, 2.05) is 20.2 Å². The molecule has 2 heterocycles. The minimum Gasteiger partial charge on any atom is -0.345 e. The largest absolute Gasteiger partial charge is 0.345 e. The first-order valence-corrected chi connectivity index (χ1v) is 5.85. The van der Waals surface area contributed by atoms with Gasteiger partial charge in [-0.15, -0.1) is 0 Å². The van der Waals surface area contributed by atoms with Crippen molar-refractivity contribution in [1.29, 1.82) is 0 Å². The van der Waals surface area contributed by atoms with Crippen LogP contribution in [-0.2, 0) is 6.54 Å². The smallest absolute Gasteiger partial charge is 0.246 e. The number of nitrogens with zero attached hydrogens (tertiary/aromatic N) is 3. The topological polar surface area (TPSA) is 55.9 Å². The summed E-state index contributed by atoms with van der Waals surface area (Å²) in [5.74, 6) is 1.32. The molecular formula is C12H18N4O. The van der Waals surface area contributed by atoms with Crippen LogP contribution < -0.4 is 5.32 Å². The fourth-order valence-corrected chi connectivity index (χ4v) is 1.93. The number of rotatable bonds is 5. The Morgan fingerprint density at radius 3 is 2.94 bits per heavy atom. The van der Waals surface area contributed by atoms with Gasteiger partial charge in [0, 0.05) is 18.4 Å². The third kappa shape index (κ3) is 2.74. The average molecular weight is 234 g/mol. The van der Waals surface area contributed by atoms with Gasteiger partial charge in [0.25, 0.3) is 0 Å². The molecule has 0 saturated carbocycles. The fraction of sp³-hybridized carbons (Fsp3) is 0.500. The lowest BCUT2D eigenvalue weighted by Gasteiger charge is -2.11. The number of aryl methyl sites for hydroxylation is 1. The van der Waals surface area contributed by atoms with E-state index in [1.165, 1.54) is 5.56 Å². The lowest BCUT2D eigenvalue weighted by Crippen LogP contribution is -2.14. The molecule has 0 radical (unpaired) electrons. The summed E-state index contributed by atoms with van der Waals surface area (Å²) in [5, 5.41) is 7.06. The minimum absolute atomic E-state index is 0.403. The summed E-state index contributed by atoms with van der Waals surface area (Å²) in [6.45, 7) is 4.61. The average Bonchev–Trinajstić information content (AvgIpc) is 2.91. The summed E-state index contributed by atoms with van der Waals surface area (Å²) in [6, 6.07) is 2.52. The molecule has 0 aromatic carbocycles. The summed E-state index contributed by atoms with van der Waals surface area (Å²) < 4.78 is 7.15. The summed E-state index contributed by atoms with van der Waals surface area (Å²) in [6.07, 6.45) is 5.22. The van der Waals surface area contributed by atoms with Gasteiger partial charge in [0.05, 0.1) is 0 Å². The van der Waals surface area contributed by atoms with Crippen LogP contribution in [0.2, 0.25) is 0 Å². The highest BCUT2D eigenvalue weighted by molar-refractivity contribution is 5.15. The van der Waals surface area contributed by atoms with Gasteiger partial charge in [-0.2, -0.15) is 4.98 Å². The molecule has 2 rings (SSSR count). The number of hydrogen-bond acceptors (Lipinski definition) is 4. The third-order valence-electron chi connectivity index (χ3n) is 2.82. The molecule has 0 saturated heterocycles. The molecule has 1 unspecified atom stereocenters. The standard InChI is InChI=1S/C12H18N4O/c1-4-11(13-3)10-5-6-16(7-10)8-12-14-9(2)15-17-12/h5-7,11,13H,4,8H2,1-3H3. The van der Waals surface area contributed by atoms with E-state index in [0.29, 0.717) is 24.3 Å². The Hall–Kier alpha value is -1.62. The first kappa shape index (κ1) is 11.9. The van der Waals surface area contributed by atoms with E-state index in [-0.39, 0.29) is 0 Å². The highest BCUT2D eigenvalue weighted by Crippen LogP contribution is 2.16. The fourth-order valence-electron chi connectivity index (χ4n) is 1.93. The van der Waals surface area contributed by atoms with Crippen molar-refractivity contribution in [2.75, 3.05) is 7.05 Å². The number of aromatic nitrogens is 3. The Labute approximate surface area is 101 Å². The van der Waals surface area contributed by atoms with Crippen LogP contribution >= 0.6 is 0 Å². The lowest BCUT2D eigenvalue weighted by molar-refractivity contribution is 0.367. The number of hydrogen-bond donors (Lipinski definition) is 1. The molecule has 0 aliphatic rings. The van der Waals surface area contributed by atoms with Gasteiger partial charge in [-0.1, -0.05) is 12.1 Å². The maximum atomic E-state index is 5.09. The van der Waals surface area contributed by atoms with E-state index in [0.717, 1.165) is 6.42 Å². The Kier molecular flexibility index (Phi) is 3.58. The Morgan fingerprint density at radius 1 is 1.53 bits per heavy atom. The minimum atomic E-state index is 0.403. The van der Waals surface area contributed by atoms with Crippen molar-refractivity contribution < 1.29 is 4.52 Å². The molecule has 0 bridgehead atoms. The molecule has 17 heavy (non-hydrogen) atoms. The molecule has 5 nitrogen and oxygen atoms in total. The van der Waals surface area contributed by atoms with Gasteiger partial charge in [-0.05, 0) is 32.0 Å². The highest BCUT2D eigenvalue weighted by atomic mass is 16.5. The van der Waals surface area contributed by atoms with Crippen molar-refractivity contribution >= 4 is 0 Å². The highest BCUT2D eigenvalue weighted by Gasteiger charge is 2.09. The maximum Gasteiger partial charge on any atom is 0.246 e. The van der Waals surface area contributed by atoms with E-state index < -0.39 is 0 Å². The molecule has 2 aromatic heterocycles. The Balaban J connectivity index is 2.08. The van der Waals surface area contributed by atoms with Crippen LogP contribution in [0.25, 0.3) is 0 Å². The third-order valence-corrected chi connectivity index (χ3v) is 2.82. The molecule has 0 amide bonds. The second-order valence-electron chi connectivity index (χ2n) is 4.10. The normalized spacial score (nSPS) is 12.9. The molecular weight excluding hydrogens is 216 g/mol. The van der Waals surface area contributed by atoms with Crippen LogP contribution in [0.5, 0.6) is 0 Å². The zero-order chi connectivity index (χ0) is 12.3. The molecule has 0 aliphatic carbocycles. The van der Waals surface area contributed by atoms with Gasteiger partial charge in [-0.3, -0.25) is 0 Å². The Morgan fingerprint density at radius 2 is 2.35 bits per heavy atom. The summed E-state index contributed by atoms with van der Waals surface area (Å²) in [7, 11) is 1.98. The van der Waals surface area contributed by atoms with Crippen LogP contribution in [0.1, 0.15) is 36.7 Å². The summed E-state index contributed by atoms with van der Waals surface area (Å²) >= 11 is 0. The van der Waals surface area contributed by atoms with Crippen molar-refractivity contribution in [3.05, 3.63) is 35.7 Å². The van der Waals surface area contributed by atoms with Crippen molar-refractivity contribution in [2.45, 2.75) is 32.9 Å². The van der Waals surface area contributed by atoms with Gasteiger partial charge >= 0.3 is 0 Å². The zero-order valence-electron chi connectivity index (χ0n) is 10.5. The number of nitrogens with one attached hydrogen (secondary N) is 1. The predicted octanol–water partition coefficient (Wildman–Crippen LogP) is 1.90. The van der Waals surface area contributed by atoms with Crippen molar-refractivity contribution in [2.24, 2.45) is 0 Å². The summed E-state index contributed by atoms with van der Waals surface area (Å²) in [4.78, 5) is 4.19. The van der Waals surface area contributed by atoms with E-state index in [4.69, 9.17) is 4.52 Å². The lowest BCUT2D eigenvalue weighted by atomic mass is 10.1. The monoisotopic (exact) mass is 234 g/mol. The quantitative estimate of drug-likeness (QED) is 0.858. The Bertz CT molecular complexity index is 470. The van der Waals surface area contributed by atoms with Gasteiger partial charge in [0.2, 0.25) is 5.89 Å². The second-order valence-corrected chi connectivity index (χ2v) is 4.10. The molecule has 0 fully saturated rings. The maximum absolute atomic E-state index is 5.09. The molecule has 0 spiro atoms. The van der Waals surface area contributed by atoms with Crippen molar-refractivity contribution in [3.63, 3.8) is 0 Å². The van der Waals surface area contributed by atoms with E-state index in [9.17, 15) is 0 Å². The van der Waals surface area contributed by atoms with E-state index in [2.05, 4.69) is 39.2 Å². The molecule has 1 atom stereocenters. The van der Waals surface area contributed by atoms with Crippen molar-refractivity contribution in [3.8, 4) is 0 Å². The van der Waals surface area contributed by atoms with E-state index in [1.54, 1.807) is 0 Å². The molecule has 92 valence electrons. The molecule has 1 N–H and O–H groups in total. The van der Waals surface area contributed by atoms with Crippen molar-refractivity contribution in [1.82, 2.24) is 20.0 Å². The molecule has 2 aromatic rings. The predicted molar refractivity (Wildman–Crippen MR) is 64.7 cm³/mol. The van der Waals surface area contributed by atoms with Gasteiger partial charge < -0.3 is 14.4 Å². The first-order chi connectivity index (χ1) is 8.22. The molecule has 5 heteroatoms. The first-order valence-electron chi connectivity index (χ1n) is 5.85. The summed E-state index contributed by atoms with van der Waals surface area (Å²) in [5.41, 5.74) is 1.28. The second kappa shape index (κ2) is 5.14. The van der Waals surface area contributed by atoms with Crippen LogP contribution in [0.15, 0.2) is 23.0 Å². The van der Waals surface area contributed by atoms with Gasteiger partial charge in [0.1, 0.15) is 6.54 Å². The van der Waals surface area contributed by atoms with Gasteiger partial charge in [-0.25, -0.2) is 0 Å². The van der Waals surface area contributed by atoms with Crippen LogP contribution in [0.3, 0.4) is 0 Å². The SMILES string of the molecule is CCC(NC)c1ccn(Cc2nc(C)no2)c1.